The molecular weight excluding hydrogens is 374 g/mol. The molecule has 0 unspecified atom stereocenters. The van der Waals surface area contributed by atoms with Crippen LogP contribution >= 0.6 is 0 Å². The van der Waals surface area contributed by atoms with E-state index < -0.39 is 28.1 Å². The fourth-order valence-corrected chi connectivity index (χ4v) is 4.20. The summed E-state index contributed by atoms with van der Waals surface area (Å²) in [7, 11) is -2.43. The minimum atomic E-state index is -3.61. The maximum Gasteiger partial charge on any atom is 0.413 e. The lowest BCUT2D eigenvalue weighted by atomic mass is 10.2. The smallest absolute Gasteiger partial charge is 0.413 e. The molecule has 10 heteroatoms. The predicted molar refractivity (Wildman–Crippen MR) is 98.0 cm³/mol. The van der Waals surface area contributed by atoms with Gasteiger partial charge in [-0.1, -0.05) is 0 Å². The Bertz CT molecular complexity index is 757. The van der Waals surface area contributed by atoms with Crippen molar-refractivity contribution in [3.63, 3.8) is 0 Å². The van der Waals surface area contributed by atoms with E-state index in [1.807, 2.05) is 11.8 Å². The predicted octanol–water partition coefficient (Wildman–Crippen LogP) is 0.663. The molecule has 1 aromatic rings. The van der Waals surface area contributed by atoms with Gasteiger partial charge in [0.1, 0.15) is 5.75 Å². The van der Waals surface area contributed by atoms with Gasteiger partial charge in [0, 0.05) is 26.2 Å². The molecule has 0 aliphatic carbocycles. The third-order valence-corrected chi connectivity index (χ3v) is 6.30. The lowest BCUT2D eigenvalue weighted by Crippen LogP contribution is -2.55. The molecule has 2 rings (SSSR count). The van der Waals surface area contributed by atoms with Crippen LogP contribution in [0.4, 0.5) is 4.79 Å². The summed E-state index contributed by atoms with van der Waals surface area (Å²) >= 11 is 0. The number of methoxy groups -OCH3 is 1. The van der Waals surface area contributed by atoms with Crippen molar-refractivity contribution in [2.24, 2.45) is 0 Å². The number of nitrogens with zero attached hydrogens (tertiary/aromatic N) is 2. The second-order valence-corrected chi connectivity index (χ2v) is 7.94. The standard InChI is InChI=1S/C17H25N3O6S/c1-4-26-14-5-7-15(8-6-14)27(23,24)20-11-9-19(10-12-20)13(2)16(21)18-17(22)25-3/h5-8,13H,4,9-12H2,1-3H3,(H,18,21,22)/t13-/m0/s1. The molecule has 9 nitrogen and oxygen atoms in total. The van der Waals surface area contributed by atoms with Crippen molar-refractivity contribution in [3.8, 4) is 5.75 Å². The Balaban J connectivity index is 1.97. The summed E-state index contributed by atoms with van der Waals surface area (Å²) in [6, 6.07) is 5.75. The van der Waals surface area contributed by atoms with Gasteiger partial charge in [0.05, 0.1) is 24.7 Å². The van der Waals surface area contributed by atoms with Gasteiger partial charge in [0.25, 0.3) is 0 Å². The number of benzene rings is 1. The summed E-state index contributed by atoms with van der Waals surface area (Å²) < 4.78 is 36.7. The first-order chi connectivity index (χ1) is 12.8. The van der Waals surface area contributed by atoms with Gasteiger partial charge >= 0.3 is 6.09 Å². The van der Waals surface area contributed by atoms with Crippen LogP contribution in [0.2, 0.25) is 0 Å². The molecular formula is C17H25N3O6S. The lowest BCUT2D eigenvalue weighted by Gasteiger charge is -2.36. The molecule has 0 radical (unpaired) electrons. The van der Waals surface area contributed by atoms with E-state index in [9.17, 15) is 18.0 Å². The molecule has 1 heterocycles. The number of hydrogen-bond donors (Lipinski definition) is 1. The molecule has 1 fully saturated rings. The average Bonchev–Trinajstić information content (AvgIpc) is 2.68. The van der Waals surface area contributed by atoms with Gasteiger partial charge in [-0.25, -0.2) is 13.2 Å². The number of sulfonamides is 1. The van der Waals surface area contributed by atoms with Crippen LogP contribution in [0.1, 0.15) is 13.8 Å². The lowest BCUT2D eigenvalue weighted by molar-refractivity contribution is -0.125. The molecule has 0 saturated carbocycles. The first kappa shape index (κ1) is 21.1. The van der Waals surface area contributed by atoms with Crippen molar-refractivity contribution < 1.29 is 27.5 Å². The highest BCUT2D eigenvalue weighted by Crippen LogP contribution is 2.21. The summed E-state index contributed by atoms with van der Waals surface area (Å²) in [6.07, 6.45) is -0.816. The van der Waals surface area contributed by atoms with Crippen molar-refractivity contribution >= 4 is 22.0 Å². The molecule has 150 valence electrons. The number of alkyl carbamates (subject to hydrolysis) is 1. The summed E-state index contributed by atoms with van der Waals surface area (Å²) in [5.41, 5.74) is 0. The highest BCUT2D eigenvalue weighted by atomic mass is 32.2. The van der Waals surface area contributed by atoms with Crippen LogP contribution < -0.4 is 10.1 Å². The number of hydrogen-bond acceptors (Lipinski definition) is 7. The SMILES string of the molecule is CCOc1ccc(S(=O)(=O)N2CCN([C@@H](C)C(=O)NC(=O)OC)CC2)cc1. The highest BCUT2D eigenvalue weighted by Gasteiger charge is 2.32. The zero-order chi connectivity index (χ0) is 20.0. The molecule has 1 atom stereocenters. The number of ether oxygens (including phenoxy) is 2. The first-order valence-corrected chi connectivity index (χ1v) is 10.1. The van der Waals surface area contributed by atoms with Crippen LogP contribution in [0.3, 0.4) is 0 Å². The maximum absolute atomic E-state index is 12.8. The normalized spacial score (nSPS) is 17.1. The van der Waals surface area contributed by atoms with E-state index in [1.54, 1.807) is 19.1 Å². The monoisotopic (exact) mass is 399 g/mol. The van der Waals surface area contributed by atoms with Crippen LogP contribution in [-0.2, 0) is 19.6 Å². The number of amides is 2. The zero-order valence-corrected chi connectivity index (χ0v) is 16.5. The van der Waals surface area contributed by atoms with Crippen LogP contribution in [0.5, 0.6) is 5.75 Å². The molecule has 0 aromatic heterocycles. The van der Waals surface area contributed by atoms with Gasteiger partial charge < -0.3 is 9.47 Å². The van der Waals surface area contributed by atoms with Crippen molar-refractivity contribution in [1.29, 1.82) is 0 Å². The number of imide groups is 1. The Morgan fingerprint density at radius 1 is 1.15 bits per heavy atom. The fraction of sp³-hybridized carbons (Fsp3) is 0.529. The number of carbonyl (C=O) groups excluding carboxylic acids is 2. The van der Waals surface area contributed by atoms with Gasteiger partial charge in [-0.15, -0.1) is 0 Å². The van der Waals surface area contributed by atoms with Crippen molar-refractivity contribution in [3.05, 3.63) is 24.3 Å². The minimum Gasteiger partial charge on any atom is -0.494 e. The van der Waals surface area contributed by atoms with E-state index >= 15 is 0 Å². The third kappa shape index (κ3) is 5.18. The molecule has 0 bridgehead atoms. The average molecular weight is 399 g/mol. The van der Waals surface area contributed by atoms with E-state index in [4.69, 9.17) is 4.74 Å². The molecule has 1 saturated heterocycles. The van der Waals surface area contributed by atoms with Crippen molar-refractivity contribution in [2.75, 3.05) is 39.9 Å². The second-order valence-electron chi connectivity index (χ2n) is 6.00. The molecule has 1 aliphatic rings. The summed E-state index contributed by atoms with van der Waals surface area (Å²) in [4.78, 5) is 25.2. The largest absolute Gasteiger partial charge is 0.494 e. The molecule has 1 N–H and O–H groups in total. The van der Waals surface area contributed by atoms with Gasteiger partial charge in [0.15, 0.2) is 0 Å². The van der Waals surface area contributed by atoms with Crippen molar-refractivity contribution in [2.45, 2.75) is 24.8 Å². The Hall–Kier alpha value is -2.17. The first-order valence-electron chi connectivity index (χ1n) is 8.65. The minimum absolute atomic E-state index is 0.205. The van der Waals surface area contributed by atoms with Crippen molar-refractivity contribution in [1.82, 2.24) is 14.5 Å². The van der Waals surface area contributed by atoms with E-state index in [2.05, 4.69) is 10.1 Å². The second kappa shape index (κ2) is 9.16. The van der Waals surface area contributed by atoms with E-state index in [1.165, 1.54) is 23.5 Å². The zero-order valence-electron chi connectivity index (χ0n) is 15.7. The Morgan fingerprint density at radius 2 is 1.74 bits per heavy atom. The summed E-state index contributed by atoms with van der Waals surface area (Å²) in [5.74, 6) is 0.136. The number of carbonyl (C=O) groups is 2. The Kier molecular flexibility index (Phi) is 7.17. The fourth-order valence-electron chi connectivity index (χ4n) is 2.78. The topological polar surface area (TPSA) is 105 Å². The van der Waals surface area contributed by atoms with Gasteiger partial charge in [-0.2, -0.15) is 4.31 Å². The van der Waals surface area contributed by atoms with Crippen LogP contribution in [-0.4, -0.2) is 75.6 Å². The van der Waals surface area contributed by atoms with E-state index in [0.29, 0.717) is 25.4 Å². The van der Waals surface area contributed by atoms with E-state index in [-0.39, 0.29) is 18.0 Å². The highest BCUT2D eigenvalue weighted by molar-refractivity contribution is 7.89. The van der Waals surface area contributed by atoms with Gasteiger partial charge in [-0.05, 0) is 38.1 Å². The molecule has 1 aliphatic heterocycles. The summed E-state index contributed by atoms with van der Waals surface area (Å²) in [5, 5.41) is 2.12. The Labute approximate surface area is 159 Å². The third-order valence-electron chi connectivity index (χ3n) is 4.38. The number of piperazine rings is 1. The van der Waals surface area contributed by atoms with Crippen LogP contribution in [0.25, 0.3) is 0 Å². The van der Waals surface area contributed by atoms with Gasteiger partial charge in [0.2, 0.25) is 15.9 Å². The quantitative estimate of drug-likeness (QED) is 0.749. The molecule has 27 heavy (non-hydrogen) atoms. The molecule has 2 amide bonds. The maximum atomic E-state index is 12.8. The molecule has 0 spiro atoms. The van der Waals surface area contributed by atoms with Gasteiger partial charge in [-0.3, -0.25) is 15.0 Å². The van der Waals surface area contributed by atoms with Crippen LogP contribution in [0.15, 0.2) is 29.2 Å². The van der Waals surface area contributed by atoms with E-state index in [0.717, 1.165) is 0 Å². The molecule has 1 aromatic carbocycles. The number of nitrogens with one attached hydrogen (secondary N) is 1. The summed E-state index contributed by atoms with van der Waals surface area (Å²) in [6.45, 7) is 5.30. The number of rotatable bonds is 6. The Morgan fingerprint density at radius 3 is 2.26 bits per heavy atom. The van der Waals surface area contributed by atoms with Crippen LogP contribution in [0, 0.1) is 0 Å².